The number of fused-ring (bicyclic) bond motifs is 1. The average Bonchev–Trinajstić information content (AvgIpc) is 2.93. The number of carbonyl (C=O) groups excluding carboxylic acids is 2. The van der Waals surface area contributed by atoms with E-state index in [0.717, 1.165) is 0 Å². The molecule has 33 heavy (non-hydrogen) atoms. The summed E-state index contributed by atoms with van der Waals surface area (Å²) >= 11 is 0. The lowest BCUT2D eigenvalue weighted by molar-refractivity contribution is -0.120. The predicted molar refractivity (Wildman–Crippen MR) is 120 cm³/mol. The van der Waals surface area contributed by atoms with Crippen molar-refractivity contribution in [1.82, 2.24) is 15.3 Å². The van der Waals surface area contributed by atoms with Gasteiger partial charge in [0, 0.05) is 18.8 Å². The van der Waals surface area contributed by atoms with Gasteiger partial charge in [-0.3, -0.25) is 9.59 Å². The van der Waals surface area contributed by atoms with Crippen LogP contribution in [0.3, 0.4) is 0 Å². The SMILES string of the molecule is [C-]#[N+]c1ccc2c(c1)OC[C@H](NC(=O)c1ncc(C)c(-c3ccc(C)c(F)c3)n1)C(=O)N2C. The van der Waals surface area contributed by atoms with Crippen LogP contribution in [0.5, 0.6) is 5.75 Å². The molecule has 0 unspecified atom stereocenters. The van der Waals surface area contributed by atoms with Crippen molar-refractivity contribution in [2.75, 3.05) is 18.6 Å². The van der Waals surface area contributed by atoms with Crippen LogP contribution in [0.15, 0.2) is 42.6 Å². The number of benzene rings is 2. The first-order valence-corrected chi connectivity index (χ1v) is 10.1. The lowest BCUT2D eigenvalue weighted by Gasteiger charge is -2.20. The highest BCUT2D eigenvalue weighted by atomic mass is 19.1. The van der Waals surface area contributed by atoms with Crippen LogP contribution in [-0.4, -0.2) is 41.5 Å². The fourth-order valence-corrected chi connectivity index (χ4v) is 3.47. The average molecular weight is 445 g/mol. The second kappa shape index (κ2) is 8.67. The molecule has 4 rings (SSSR count). The highest BCUT2D eigenvalue weighted by Crippen LogP contribution is 2.34. The van der Waals surface area contributed by atoms with Gasteiger partial charge in [0.15, 0.2) is 5.69 Å². The van der Waals surface area contributed by atoms with E-state index >= 15 is 0 Å². The number of aryl methyl sites for hydroxylation is 2. The number of anilines is 1. The van der Waals surface area contributed by atoms with E-state index in [1.54, 1.807) is 51.2 Å². The van der Waals surface area contributed by atoms with Gasteiger partial charge in [0.1, 0.15) is 24.2 Å². The van der Waals surface area contributed by atoms with Gasteiger partial charge in [0.2, 0.25) is 5.82 Å². The molecule has 1 atom stereocenters. The third kappa shape index (κ3) is 4.23. The van der Waals surface area contributed by atoms with Crippen molar-refractivity contribution < 1.29 is 18.7 Å². The molecular formula is C24H20FN5O3. The molecule has 0 bridgehead atoms. The lowest BCUT2D eigenvalue weighted by atomic mass is 10.1. The van der Waals surface area contributed by atoms with E-state index in [2.05, 4.69) is 20.1 Å². The number of likely N-dealkylation sites (N-methyl/N-ethyl adjacent to an activating group) is 1. The van der Waals surface area contributed by atoms with E-state index in [1.165, 1.54) is 17.2 Å². The number of carbonyl (C=O) groups is 2. The number of amides is 2. The minimum absolute atomic E-state index is 0.120. The van der Waals surface area contributed by atoms with Gasteiger partial charge in [-0.05, 0) is 43.2 Å². The van der Waals surface area contributed by atoms with Crippen LogP contribution in [-0.2, 0) is 4.79 Å². The number of aromatic nitrogens is 2. The predicted octanol–water partition coefficient (Wildman–Crippen LogP) is 3.60. The molecule has 8 nitrogen and oxygen atoms in total. The van der Waals surface area contributed by atoms with E-state index in [4.69, 9.17) is 11.3 Å². The van der Waals surface area contributed by atoms with Crippen LogP contribution >= 0.6 is 0 Å². The molecular weight excluding hydrogens is 425 g/mol. The summed E-state index contributed by atoms with van der Waals surface area (Å²) in [6, 6.07) is 8.50. The zero-order chi connectivity index (χ0) is 23.7. The van der Waals surface area contributed by atoms with E-state index in [-0.39, 0.29) is 24.2 Å². The molecule has 0 fully saturated rings. The number of nitrogens with one attached hydrogen (secondary N) is 1. The summed E-state index contributed by atoms with van der Waals surface area (Å²) in [6.45, 7) is 10.5. The summed E-state index contributed by atoms with van der Waals surface area (Å²) in [7, 11) is 1.57. The molecule has 0 aliphatic carbocycles. The van der Waals surface area contributed by atoms with E-state index < -0.39 is 11.9 Å². The van der Waals surface area contributed by atoms with Crippen LogP contribution in [0, 0.1) is 26.2 Å². The fourth-order valence-electron chi connectivity index (χ4n) is 3.47. The van der Waals surface area contributed by atoms with E-state index in [9.17, 15) is 14.0 Å². The van der Waals surface area contributed by atoms with E-state index in [1.807, 2.05) is 0 Å². The number of halogens is 1. The highest BCUT2D eigenvalue weighted by Gasteiger charge is 2.31. The Morgan fingerprint density at radius 2 is 2.03 bits per heavy atom. The van der Waals surface area contributed by atoms with Crippen LogP contribution in [0.1, 0.15) is 21.7 Å². The molecule has 2 aromatic carbocycles. The number of ether oxygens (including phenoxy) is 1. The van der Waals surface area contributed by atoms with Gasteiger partial charge in [-0.2, -0.15) is 0 Å². The van der Waals surface area contributed by atoms with Crippen molar-refractivity contribution in [2.45, 2.75) is 19.9 Å². The summed E-state index contributed by atoms with van der Waals surface area (Å²) in [5, 5.41) is 2.62. The number of hydrogen-bond acceptors (Lipinski definition) is 5. The molecule has 0 spiro atoms. The molecule has 1 aliphatic rings. The van der Waals surface area contributed by atoms with Gasteiger partial charge >= 0.3 is 0 Å². The van der Waals surface area contributed by atoms with Crippen molar-refractivity contribution >= 4 is 23.2 Å². The molecule has 0 radical (unpaired) electrons. The molecule has 3 aromatic rings. The van der Waals surface area contributed by atoms with Crippen LogP contribution < -0.4 is 15.0 Å². The Hall–Kier alpha value is -4.32. The van der Waals surface area contributed by atoms with Crippen LogP contribution in [0.25, 0.3) is 16.1 Å². The molecule has 0 saturated carbocycles. The van der Waals surface area contributed by atoms with Crippen LogP contribution in [0.4, 0.5) is 15.8 Å². The molecule has 2 amide bonds. The Labute approximate surface area is 189 Å². The minimum atomic E-state index is -0.989. The van der Waals surface area contributed by atoms with Gasteiger partial charge in [-0.25, -0.2) is 19.2 Å². The summed E-state index contributed by atoms with van der Waals surface area (Å²) in [5.41, 5.74) is 3.00. The maximum atomic E-state index is 14.0. The highest BCUT2D eigenvalue weighted by molar-refractivity contribution is 6.02. The summed E-state index contributed by atoms with van der Waals surface area (Å²) in [6.07, 6.45) is 1.48. The Bertz CT molecular complexity index is 1320. The normalized spacial score (nSPS) is 15.2. The molecule has 0 saturated heterocycles. The Balaban J connectivity index is 1.58. The van der Waals surface area contributed by atoms with Gasteiger partial charge in [0.05, 0.1) is 18.0 Å². The third-order valence-electron chi connectivity index (χ3n) is 5.39. The molecule has 9 heteroatoms. The van der Waals surface area contributed by atoms with Gasteiger partial charge in [-0.1, -0.05) is 18.2 Å². The molecule has 1 aromatic heterocycles. The summed E-state index contributed by atoms with van der Waals surface area (Å²) < 4.78 is 19.8. The zero-order valence-corrected chi connectivity index (χ0v) is 18.2. The van der Waals surface area contributed by atoms with Crippen molar-refractivity contribution in [3.63, 3.8) is 0 Å². The Morgan fingerprint density at radius 1 is 1.24 bits per heavy atom. The largest absolute Gasteiger partial charge is 0.490 e. The Kier molecular flexibility index (Phi) is 5.75. The maximum absolute atomic E-state index is 14.0. The van der Waals surface area contributed by atoms with Crippen molar-refractivity contribution in [1.29, 1.82) is 0 Å². The molecule has 1 aliphatic heterocycles. The lowest BCUT2D eigenvalue weighted by Crippen LogP contribution is -2.49. The number of hydrogen-bond donors (Lipinski definition) is 1. The first kappa shape index (κ1) is 21.9. The van der Waals surface area contributed by atoms with Gasteiger partial charge in [0.25, 0.3) is 11.8 Å². The second-order valence-corrected chi connectivity index (χ2v) is 7.69. The minimum Gasteiger partial charge on any atom is -0.490 e. The zero-order valence-electron chi connectivity index (χ0n) is 18.2. The fraction of sp³-hybridized carbons (Fsp3) is 0.208. The monoisotopic (exact) mass is 445 g/mol. The molecule has 1 N–H and O–H groups in total. The molecule has 2 heterocycles. The van der Waals surface area contributed by atoms with Crippen molar-refractivity contribution in [3.8, 4) is 17.0 Å². The Morgan fingerprint density at radius 3 is 2.76 bits per heavy atom. The topological polar surface area (TPSA) is 88.8 Å². The molecule has 166 valence electrons. The standard InChI is InChI=1S/C24H20FN5O3/c1-13-5-6-15(9-17(13)25)21-14(2)11-27-22(29-21)23(31)28-18-12-33-20-10-16(26-3)7-8-19(20)30(4)24(18)32/h5-11,18H,12H2,1-2,4H3,(H,28,31)/t18-/m0/s1. The first-order chi connectivity index (χ1) is 15.8. The van der Waals surface area contributed by atoms with Gasteiger partial charge < -0.3 is 15.0 Å². The van der Waals surface area contributed by atoms with Gasteiger partial charge in [-0.15, -0.1) is 0 Å². The number of nitrogens with zero attached hydrogens (tertiary/aromatic N) is 4. The van der Waals surface area contributed by atoms with Crippen LogP contribution in [0.2, 0.25) is 0 Å². The maximum Gasteiger partial charge on any atom is 0.289 e. The first-order valence-electron chi connectivity index (χ1n) is 10.1. The summed E-state index contributed by atoms with van der Waals surface area (Å²) in [5.74, 6) is -1.19. The third-order valence-corrected chi connectivity index (χ3v) is 5.39. The summed E-state index contributed by atoms with van der Waals surface area (Å²) in [4.78, 5) is 39.0. The quantitative estimate of drug-likeness (QED) is 0.623. The smallest absolute Gasteiger partial charge is 0.289 e. The number of rotatable bonds is 3. The van der Waals surface area contributed by atoms with Crippen molar-refractivity contribution in [2.24, 2.45) is 0 Å². The van der Waals surface area contributed by atoms with E-state index in [0.29, 0.717) is 39.5 Å². The van der Waals surface area contributed by atoms with Crippen molar-refractivity contribution in [3.05, 3.63) is 76.8 Å². The second-order valence-electron chi connectivity index (χ2n) is 7.69.